The van der Waals surface area contributed by atoms with Gasteiger partial charge in [-0.05, 0) is 13.0 Å². The number of amides is 2. The lowest BCUT2D eigenvalue weighted by atomic mass is 10.3. The van der Waals surface area contributed by atoms with Crippen LogP contribution in [-0.4, -0.2) is 35.2 Å². The molecule has 7 nitrogen and oxygen atoms in total. The molecule has 0 spiro atoms. The van der Waals surface area contributed by atoms with Crippen molar-refractivity contribution < 1.29 is 19.4 Å². The molecule has 0 radical (unpaired) electrons. The van der Waals surface area contributed by atoms with E-state index in [1.54, 1.807) is 12.1 Å². The van der Waals surface area contributed by atoms with Crippen molar-refractivity contribution in [3.8, 4) is 5.88 Å². The first kappa shape index (κ1) is 12.8. The lowest BCUT2D eigenvalue weighted by Crippen LogP contribution is -2.40. The van der Waals surface area contributed by atoms with Crippen molar-refractivity contribution in [3.05, 3.63) is 18.3 Å². The van der Waals surface area contributed by atoms with Crippen molar-refractivity contribution >= 4 is 17.7 Å². The summed E-state index contributed by atoms with van der Waals surface area (Å²) in [4.78, 5) is 25.7. The van der Waals surface area contributed by atoms with Crippen molar-refractivity contribution in [1.82, 2.24) is 10.3 Å². The molecule has 0 aliphatic carbocycles. The van der Waals surface area contributed by atoms with Crippen LogP contribution in [0.25, 0.3) is 0 Å². The van der Waals surface area contributed by atoms with Gasteiger partial charge in [0.25, 0.3) is 0 Å². The van der Waals surface area contributed by atoms with Crippen LogP contribution in [0, 0.1) is 0 Å². The summed E-state index contributed by atoms with van der Waals surface area (Å²) < 4.78 is 4.85. The molecular formula is C10H13N3O4. The molecule has 0 bridgehead atoms. The Bertz CT molecular complexity index is 405. The number of urea groups is 1. The normalized spacial score (nSPS) is 11.4. The number of nitrogens with zero attached hydrogens (tertiary/aromatic N) is 1. The highest BCUT2D eigenvalue weighted by Crippen LogP contribution is 2.10. The fraction of sp³-hybridized carbons (Fsp3) is 0.300. The number of carbonyl (C=O) groups is 2. The molecule has 0 fully saturated rings. The molecule has 0 unspecified atom stereocenters. The number of carboxylic acids is 1. The predicted molar refractivity (Wildman–Crippen MR) is 60.0 cm³/mol. The third-order valence-electron chi connectivity index (χ3n) is 1.92. The molecule has 0 aliphatic rings. The van der Waals surface area contributed by atoms with Crippen LogP contribution in [0.1, 0.15) is 6.92 Å². The van der Waals surface area contributed by atoms with E-state index in [9.17, 15) is 9.59 Å². The highest BCUT2D eigenvalue weighted by Gasteiger charge is 2.13. The minimum atomic E-state index is -1.10. The molecule has 1 rings (SSSR count). The predicted octanol–water partition coefficient (Wildman–Crippen LogP) is 0.685. The van der Waals surface area contributed by atoms with E-state index in [1.165, 1.54) is 20.2 Å². The number of carboxylic acid groups (broad SMARTS) is 1. The monoisotopic (exact) mass is 239 g/mol. The average Bonchev–Trinajstić information content (AvgIpc) is 2.29. The third kappa shape index (κ3) is 3.98. The van der Waals surface area contributed by atoms with E-state index in [0.29, 0.717) is 11.6 Å². The van der Waals surface area contributed by atoms with Crippen molar-refractivity contribution in [2.24, 2.45) is 0 Å². The molecule has 0 aliphatic heterocycles. The lowest BCUT2D eigenvalue weighted by molar-refractivity contribution is -0.138. The lowest BCUT2D eigenvalue weighted by Gasteiger charge is -2.10. The molecule has 0 saturated carbocycles. The first-order valence-electron chi connectivity index (χ1n) is 4.83. The van der Waals surface area contributed by atoms with E-state index in [0.717, 1.165) is 0 Å². The Kier molecular flexibility index (Phi) is 4.27. The van der Waals surface area contributed by atoms with Crippen LogP contribution in [0.3, 0.4) is 0 Å². The van der Waals surface area contributed by atoms with Gasteiger partial charge in [-0.1, -0.05) is 0 Å². The summed E-state index contributed by atoms with van der Waals surface area (Å²) in [6.07, 6.45) is 1.41. The smallest absolute Gasteiger partial charge is 0.325 e. The van der Waals surface area contributed by atoms with Gasteiger partial charge in [0.1, 0.15) is 6.04 Å². The van der Waals surface area contributed by atoms with Gasteiger partial charge in [-0.15, -0.1) is 0 Å². The molecule has 92 valence electrons. The van der Waals surface area contributed by atoms with Gasteiger partial charge in [-0.2, -0.15) is 0 Å². The number of hydrogen-bond donors (Lipinski definition) is 3. The van der Waals surface area contributed by atoms with Gasteiger partial charge in [0.05, 0.1) is 19.0 Å². The number of rotatable bonds is 4. The van der Waals surface area contributed by atoms with Crippen molar-refractivity contribution in [2.75, 3.05) is 12.4 Å². The van der Waals surface area contributed by atoms with E-state index in [-0.39, 0.29) is 0 Å². The average molecular weight is 239 g/mol. The summed E-state index contributed by atoms with van der Waals surface area (Å²) in [5, 5.41) is 13.3. The second-order valence-electron chi connectivity index (χ2n) is 3.25. The van der Waals surface area contributed by atoms with E-state index in [2.05, 4.69) is 15.6 Å². The topological polar surface area (TPSA) is 101 Å². The molecule has 3 N–H and O–H groups in total. The number of aromatic nitrogens is 1. The highest BCUT2D eigenvalue weighted by molar-refractivity contribution is 5.91. The number of aliphatic carboxylic acids is 1. The number of anilines is 1. The van der Waals surface area contributed by atoms with Gasteiger partial charge < -0.3 is 20.5 Å². The molecule has 7 heteroatoms. The van der Waals surface area contributed by atoms with Crippen LogP contribution in [0.2, 0.25) is 0 Å². The molecule has 2 amide bonds. The minimum Gasteiger partial charge on any atom is -0.481 e. The van der Waals surface area contributed by atoms with Gasteiger partial charge in [0.15, 0.2) is 0 Å². The van der Waals surface area contributed by atoms with E-state index in [4.69, 9.17) is 9.84 Å². The summed E-state index contributed by atoms with van der Waals surface area (Å²) in [5.41, 5.74) is 0.445. The molecule has 1 aromatic rings. The van der Waals surface area contributed by atoms with Crippen molar-refractivity contribution in [1.29, 1.82) is 0 Å². The number of carbonyl (C=O) groups excluding carboxylic acids is 1. The van der Waals surface area contributed by atoms with Crippen LogP contribution in [0.15, 0.2) is 18.3 Å². The molecule has 1 aromatic heterocycles. The Morgan fingerprint density at radius 1 is 1.47 bits per heavy atom. The van der Waals surface area contributed by atoms with Gasteiger partial charge >= 0.3 is 12.0 Å². The minimum absolute atomic E-state index is 0.426. The number of hydrogen-bond acceptors (Lipinski definition) is 4. The zero-order chi connectivity index (χ0) is 12.8. The number of methoxy groups -OCH3 is 1. The second kappa shape index (κ2) is 5.69. The van der Waals surface area contributed by atoms with E-state index < -0.39 is 18.0 Å². The maximum absolute atomic E-state index is 11.3. The Morgan fingerprint density at radius 3 is 2.65 bits per heavy atom. The van der Waals surface area contributed by atoms with Gasteiger partial charge in [-0.25, -0.2) is 9.78 Å². The van der Waals surface area contributed by atoms with Gasteiger partial charge in [0, 0.05) is 6.07 Å². The van der Waals surface area contributed by atoms with E-state index in [1.807, 2.05) is 0 Å². The quantitative estimate of drug-likeness (QED) is 0.717. The maximum atomic E-state index is 11.3. The summed E-state index contributed by atoms with van der Waals surface area (Å²) in [7, 11) is 1.48. The zero-order valence-corrected chi connectivity index (χ0v) is 9.43. The zero-order valence-electron chi connectivity index (χ0n) is 9.43. The standard InChI is InChI=1S/C10H13N3O4/c1-6(9(14)15)12-10(16)13-7-3-4-8(17-2)11-5-7/h3-6H,1-2H3,(H,14,15)(H2,12,13,16)/t6-/m1/s1. The first-order chi connectivity index (χ1) is 8.02. The van der Waals surface area contributed by atoms with Crippen LogP contribution in [-0.2, 0) is 4.79 Å². The number of pyridine rings is 1. The van der Waals surface area contributed by atoms with Gasteiger partial charge in [0.2, 0.25) is 5.88 Å². The molecule has 1 heterocycles. The van der Waals surface area contributed by atoms with Crippen LogP contribution < -0.4 is 15.4 Å². The largest absolute Gasteiger partial charge is 0.481 e. The molecule has 0 aromatic carbocycles. The summed E-state index contributed by atoms with van der Waals surface area (Å²) in [6.45, 7) is 1.37. The summed E-state index contributed by atoms with van der Waals surface area (Å²) in [5.74, 6) is -0.678. The SMILES string of the molecule is COc1ccc(NC(=O)N[C@H](C)C(=O)O)cn1. The fourth-order valence-corrected chi connectivity index (χ4v) is 1.00. The third-order valence-corrected chi connectivity index (χ3v) is 1.92. The number of ether oxygens (including phenoxy) is 1. The van der Waals surface area contributed by atoms with Crippen molar-refractivity contribution in [3.63, 3.8) is 0 Å². The Morgan fingerprint density at radius 2 is 2.18 bits per heavy atom. The van der Waals surface area contributed by atoms with Gasteiger partial charge in [-0.3, -0.25) is 4.79 Å². The van der Waals surface area contributed by atoms with Crippen LogP contribution >= 0.6 is 0 Å². The summed E-state index contributed by atoms with van der Waals surface area (Å²) in [6, 6.07) is 1.61. The van der Waals surface area contributed by atoms with E-state index >= 15 is 0 Å². The Balaban J connectivity index is 2.53. The summed E-state index contributed by atoms with van der Waals surface area (Å²) >= 11 is 0. The molecular weight excluding hydrogens is 226 g/mol. The molecule has 1 atom stereocenters. The fourth-order valence-electron chi connectivity index (χ4n) is 1.00. The Hall–Kier alpha value is -2.31. The van der Waals surface area contributed by atoms with Crippen LogP contribution in [0.4, 0.5) is 10.5 Å². The highest BCUT2D eigenvalue weighted by atomic mass is 16.5. The van der Waals surface area contributed by atoms with Crippen molar-refractivity contribution in [2.45, 2.75) is 13.0 Å². The van der Waals surface area contributed by atoms with Crippen LogP contribution in [0.5, 0.6) is 5.88 Å². The second-order valence-corrected chi connectivity index (χ2v) is 3.25. The molecule has 17 heavy (non-hydrogen) atoms. The Labute approximate surface area is 97.8 Å². The first-order valence-corrected chi connectivity index (χ1v) is 4.83. The maximum Gasteiger partial charge on any atom is 0.325 e. The number of nitrogens with one attached hydrogen (secondary N) is 2. The molecule has 0 saturated heterocycles.